The quantitative estimate of drug-likeness (QED) is 0.423. The van der Waals surface area contributed by atoms with Gasteiger partial charge in [-0.3, -0.25) is 14.2 Å². The van der Waals surface area contributed by atoms with Crippen molar-refractivity contribution in [2.24, 2.45) is 0 Å². The molecule has 0 fully saturated rings. The second-order valence-corrected chi connectivity index (χ2v) is 3.14. The van der Waals surface area contributed by atoms with Gasteiger partial charge in [-0.1, -0.05) is 0 Å². The molecule has 0 saturated carbocycles. The lowest BCUT2D eigenvalue weighted by atomic mass is 10.2. The fourth-order valence-corrected chi connectivity index (χ4v) is 1.45. The maximum atomic E-state index is 10.7. The second kappa shape index (κ2) is 3.57. The number of carbonyl (C=O) groups excluding carboxylic acids is 2. The van der Waals surface area contributed by atoms with E-state index in [-0.39, 0.29) is 5.97 Å². The molecular weight excluding hydrogens is 194 g/mol. The number of hydrogen-bond acceptors (Lipinski definition) is 3. The van der Waals surface area contributed by atoms with Crippen LogP contribution in [0.25, 0.3) is 10.9 Å². The molecule has 0 atom stereocenters. The Hall–Kier alpha value is -2.10. The summed E-state index contributed by atoms with van der Waals surface area (Å²) in [7, 11) is 0. The first-order chi connectivity index (χ1) is 7.20. The highest BCUT2D eigenvalue weighted by atomic mass is 16.5. The van der Waals surface area contributed by atoms with E-state index in [4.69, 9.17) is 4.74 Å². The van der Waals surface area contributed by atoms with E-state index in [1.165, 1.54) is 11.5 Å². The van der Waals surface area contributed by atoms with Gasteiger partial charge >= 0.3 is 5.97 Å². The van der Waals surface area contributed by atoms with Gasteiger partial charge in [0.05, 0.1) is 5.52 Å². The van der Waals surface area contributed by atoms with E-state index in [1.807, 2.05) is 6.07 Å². The Labute approximate surface area is 86.1 Å². The maximum Gasteiger partial charge on any atom is 0.308 e. The fourth-order valence-electron chi connectivity index (χ4n) is 1.45. The third-order valence-corrected chi connectivity index (χ3v) is 2.07. The van der Waals surface area contributed by atoms with Gasteiger partial charge < -0.3 is 4.74 Å². The molecule has 1 aromatic heterocycles. The van der Waals surface area contributed by atoms with Crippen molar-refractivity contribution >= 4 is 23.3 Å². The summed E-state index contributed by atoms with van der Waals surface area (Å²) >= 11 is 0. The number of aromatic nitrogens is 1. The summed E-state index contributed by atoms with van der Waals surface area (Å²) in [6.45, 7) is 1.34. The third-order valence-electron chi connectivity index (χ3n) is 2.07. The fraction of sp³-hybridized carbons (Fsp3) is 0.0909. The minimum absolute atomic E-state index is 0.376. The molecule has 15 heavy (non-hydrogen) atoms. The summed E-state index contributed by atoms with van der Waals surface area (Å²) in [6, 6.07) is 6.97. The molecule has 0 radical (unpaired) electrons. The van der Waals surface area contributed by atoms with Gasteiger partial charge in [0.1, 0.15) is 5.75 Å². The van der Waals surface area contributed by atoms with Crippen molar-refractivity contribution in [3.05, 3.63) is 30.5 Å². The van der Waals surface area contributed by atoms with E-state index < -0.39 is 0 Å². The first kappa shape index (κ1) is 9.45. The number of ether oxygens (including phenoxy) is 1. The number of rotatable bonds is 2. The van der Waals surface area contributed by atoms with Gasteiger partial charge in [-0.25, -0.2) is 0 Å². The number of benzene rings is 1. The molecule has 1 aromatic carbocycles. The molecule has 1 heterocycles. The summed E-state index contributed by atoms with van der Waals surface area (Å²) < 4.78 is 6.36. The summed E-state index contributed by atoms with van der Waals surface area (Å²) in [4.78, 5) is 21.4. The van der Waals surface area contributed by atoms with E-state index in [2.05, 4.69) is 0 Å². The molecule has 0 aliphatic heterocycles. The van der Waals surface area contributed by atoms with Crippen LogP contribution >= 0.6 is 0 Å². The Morgan fingerprint density at radius 1 is 1.40 bits per heavy atom. The molecule has 0 aliphatic carbocycles. The standard InChI is InChI=1S/C11H9NO3/c1-8(14)15-10-3-2-9-4-5-12(7-13)11(9)6-10/h2-7H,1H3. The van der Waals surface area contributed by atoms with Crippen LogP contribution in [0.5, 0.6) is 5.75 Å². The Kier molecular flexibility index (Phi) is 2.25. The Balaban J connectivity index is 2.52. The normalized spacial score (nSPS) is 10.2. The van der Waals surface area contributed by atoms with Gasteiger partial charge in [0.25, 0.3) is 0 Å². The zero-order valence-corrected chi connectivity index (χ0v) is 8.14. The minimum atomic E-state index is -0.376. The first-order valence-corrected chi connectivity index (χ1v) is 4.45. The Bertz CT molecular complexity index is 528. The lowest BCUT2D eigenvalue weighted by Gasteiger charge is -2.01. The highest BCUT2D eigenvalue weighted by molar-refractivity contribution is 5.87. The van der Waals surface area contributed by atoms with Crippen molar-refractivity contribution in [1.29, 1.82) is 0 Å². The molecule has 2 aromatic rings. The molecule has 0 saturated heterocycles. The lowest BCUT2D eigenvalue weighted by molar-refractivity contribution is -0.131. The molecule has 0 amide bonds. The van der Waals surface area contributed by atoms with Gasteiger partial charge in [0, 0.05) is 24.6 Å². The van der Waals surface area contributed by atoms with Crippen LogP contribution < -0.4 is 4.74 Å². The van der Waals surface area contributed by atoms with Crippen molar-refractivity contribution in [3.63, 3.8) is 0 Å². The van der Waals surface area contributed by atoms with Crippen LogP contribution in [-0.2, 0) is 9.59 Å². The van der Waals surface area contributed by atoms with Crippen LogP contribution in [0, 0.1) is 0 Å². The van der Waals surface area contributed by atoms with Gasteiger partial charge in [-0.05, 0) is 18.2 Å². The zero-order valence-electron chi connectivity index (χ0n) is 8.14. The number of carbonyl (C=O) groups is 2. The molecule has 0 N–H and O–H groups in total. The van der Waals surface area contributed by atoms with Crippen LogP contribution in [-0.4, -0.2) is 16.9 Å². The average molecular weight is 203 g/mol. The maximum absolute atomic E-state index is 10.7. The van der Waals surface area contributed by atoms with Crippen LogP contribution in [0.3, 0.4) is 0 Å². The molecule has 4 heteroatoms. The molecule has 0 aliphatic rings. The monoisotopic (exact) mass is 203 g/mol. The van der Waals surface area contributed by atoms with Gasteiger partial charge in [0.15, 0.2) is 0 Å². The van der Waals surface area contributed by atoms with Crippen LogP contribution in [0.15, 0.2) is 30.5 Å². The highest BCUT2D eigenvalue weighted by Gasteiger charge is 2.03. The third kappa shape index (κ3) is 1.74. The topological polar surface area (TPSA) is 48.3 Å². The summed E-state index contributed by atoms with van der Waals surface area (Å²) in [5.41, 5.74) is 0.726. The number of fused-ring (bicyclic) bond motifs is 1. The summed E-state index contributed by atoms with van der Waals surface area (Å²) in [5, 5.41) is 0.929. The molecule has 0 spiro atoms. The van der Waals surface area contributed by atoms with E-state index >= 15 is 0 Å². The van der Waals surface area contributed by atoms with E-state index in [0.29, 0.717) is 12.2 Å². The van der Waals surface area contributed by atoms with Crippen LogP contribution in [0.1, 0.15) is 6.92 Å². The molecular formula is C11H9NO3. The van der Waals surface area contributed by atoms with Crippen molar-refractivity contribution in [1.82, 2.24) is 4.57 Å². The average Bonchev–Trinajstić information content (AvgIpc) is 2.59. The smallest absolute Gasteiger partial charge is 0.308 e. The molecule has 2 rings (SSSR count). The molecule has 0 bridgehead atoms. The predicted octanol–water partition coefficient (Wildman–Crippen LogP) is 1.60. The lowest BCUT2D eigenvalue weighted by Crippen LogP contribution is -2.01. The van der Waals surface area contributed by atoms with Crippen molar-refractivity contribution in [2.75, 3.05) is 0 Å². The van der Waals surface area contributed by atoms with Gasteiger partial charge in [-0.15, -0.1) is 0 Å². The largest absolute Gasteiger partial charge is 0.427 e. The highest BCUT2D eigenvalue weighted by Crippen LogP contribution is 2.21. The minimum Gasteiger partial charge on any atom is -0.427 e. The molecule has 4 nitrogen and oxygen atoms in total. The van der Waals surface area contributed by atoms with Crippen molar-refractivity contribution in [2.45, 2.75) is 6.92 Å². The summed E-state index contributed by atoms with van der Waals surface area (Å²) in [6.07, 6.45) is 2.37. The van der Waals surface area contributed by atoms with Crippen LogP contribution in [0.4, 0.5) is 0 Å². The number of nitrogens with zero attached hydrogens (tertiary/aromatic N) is 1. The van der Waals surface area contributed by atoms with Gasteiger partial charge in [0.2, 0.25) is 6.41 Å². The van der Waals surface area contributed by atoms with E-state index in [0.717, 1.165) is 10.9 Å². The number of hydrogen-bond donors (Lipinski definition) is 0. The first-order valence-electron chi connectivity index (χ1n) is 4.45. The van der Waals surface area contributed by atoms with E-state index in [1.54, 1.807) is 24.4 Å². The van der Waals surface area contributed by atoms with Crippen molar-refractivity contribution < 1.29 is 14.3 Å². The van der Waals surface area contributed by atoms with Crippen molar-refractivity contribution in [3.8, 4) is 5.75 Å². The second-order valence-electron chi connectivity index (χ2n) is 3.14. The Morgan fingerprint density at radius 3 is 2.87 bits per heavy atom. The molecule has 76 valence electrons. The molecule has 0 unspecified atom stereocenters. The summed E-state index contributed by atoms with van der Waals surface area (Å²) in [5.74, 6) is 0.0651. The SMILES string of the molecule is CC(=O)Oc1ccc2ccn(C=O)c2c1. The van der Waals surface area contributed by atoms with Gasteiger partial charge in [-0.2, -0.15) is 0 Å². The Morgan fingerprint density at radius 2 is 2.20 bits per heavy atom. The number of esters is 1. The zero-order chi connectivity index (χ0) is 10.8. The van der Waals surface area contributed by atoms with E-state index in [9.17, 15) is 9.59 Å². The predicted molar refractivity (Wildman–Crippen MR) is 55.4 cm³/mol. The van der Waals surface area contributed by atoms with Crippen LogP contribution in [0.2, 0.25) is 0 Å².